The summed E-state index contributed by atoms with van der Waals surface area (Å²) in [6.45, 7) is 4.16. The smallest absolute Gasteiger partial charge is 0.307 e. The molecular weight excluding hydrogens is 272 g/mol. The number of carboxylic acids is 1. The highest BCUT2D eigenvalue weighted by Gasteiger charge is 2.40. The van der Waals surface area contributed by atoms with E-state index in [2.05, 4.69) is 5.32 Å². The minimum absolute atomic E-state index is 0.0175. The number of hydrogen-bond donors (Lipinski definition) is 2. The minimum Gasteiger partial charge on any atom is -0.481 e. The molecule has 2 rings (SSSR count). The van der Waals surface area contributed by atoms with E-state index in [1.807, 2.05) is 12.1 Å². The minimum atomic E-state index is -0.873. The lowest BCUT2D eigenvalue weighted by Gasteiger charge is -2.40. The molecule has 1 aliphatic rings. The van der Waals surface area contributed by atoms with Crippen molar-refractivity contribution in [2.75, 3.05) is 6.54 Å². The first-order valence-electron chi connectivity index (χ1n) is 6.68. The fraction of sp³-hybridized carbons (Fsp3) is 0.400. The van der Waals surface area contributed by atoms with E-state index >= 15 is 0 Å². The second kappa shape index (κ2) is 5.65. The zero-order valence-corrected chi connectivity index (χ0v) is 12.0. The molecule has 2 N–H and O–H groups in total. The largest absolute Gasteiger partial charge is 0.481 e. The van der Waals surface area contributed by atoms with Crippen LogP contribution in [0.2, 0.25) is 0 Å². The van der Waals surface area contributed by atoms with Crippen molar-refractivity contribution in [2.45, 2.75) is 32.4 Å². The molecule has 1 aromatic carbocycles. The number of carbonyl (C=O) groups is 3. The number of carboxylic acid groups (broad SMARTS) is 1. The van der Waals surface area contributed by atoms with Crippen molar-refractivity contribution < 1.29 is 19.5 Å². The summed E-state index contributed by atoms with van der Waals surface area (Å²) < 4.78 is 0. The third-order valence-corrected chi connectivity index (χ3v) is 3.69. The zero-order valence-electron chi connectivity index (χ0n) is 12.0. The van der Waals surface area contributed by atoms with Gasteiger partial charge in [-0.25, -0.2) is 0 Å². The van der Waals surface area contributed by atoms with Crippen molar-refractivity contribution in [3.8, 4) is 0 Å². The molecule has 0 aliphatic carbocycles. The lowest BCUT2D eigenvalue weighted by Crippen LogP contribution is -2.63. The van der Waals surface area contributed by atoms with Crippen LogP contribution in [0, 0.1) is 0 Å². The van der Waals surface area contributed by atoms with Crippen LogP contribution in [0.5, 0.6) is 0 Å². The number of rotatable bonds is 4. The number of hydrogen-bond acceptors (Lipinski definition) is 4. The van der Waals surface area contributed by atoms with Gasteiger partial charge in [-0.2, -0.15) is 0 Å². The normalized spacial score (nSPS) is 18.4. The van der Waals surface area contributed by atoms with E-state index in [-0.39, 0.29) is 24.8 Å². The number of imide groups is 1. The molecule has 0 spiro atoms. The molecular formula is C15H18N2O4. The number of nitrogens with one attached hydrogen (secondary N) is 1. The Morgan fingerprint density at radius 1 is 1.24 bits per heavy atom. The number of aliphatic carboxylic acids is 1. The molecule has 21 heavy (non-hydrogen) atoms. The van der Waals surface area contributed by atoms with Crippen molar-refractivity contribution in [3.05, 3.63) is 35.4 Å². The van der Waals surface area contributed by atoms with Gasteiger partial charge in [-0.3, -0.25) is 24.6 Å². The van der Waals surface area contributed by atoms with Crippen molar-refractivity contribution in [3.63, 3.8) is 0 Å². The van der Waals surface area contributed by atoms with Crippen LogP contribution in [0.3, 0.4) is 0 Å². The molecule has 0 unspecified atom stereocenters. The highest BCUT2D eigenvalue weighted by molar-refractivity contribution is 6.02. The molecule has 1 aliphatic heterocycles. The number of benzene rings is 1. The molecule has 0 saturated carbocycles. The van der Waals surface area contributed by atoms with Crippen LogP contribution in [0.4, 0.5) is 0 Å². The fourth-order valence-electron chi connectivity index (χ4n) is 2.24. The standard InChI is InChI=1S/C15H18N2O4/c1-15(2)14(21)16-12(18)9-17(15)8-11-5-3-10(4-6-11)7-13(19)20/h3-6H,7-9H2,1-2H3,(H,19,20)(H,16,18,21). The summed E-state index contributed by atoms with van der Waals surface area (Å²) in [5.74, 6) is -1.48. The van der Waals surface area contributed by atoms with E-state index in [0.29, 0.717) is 6.54 Å². The highest BCUT2D eigenvalue weighted by atomic mass is 16.4. The van der Waals surface area contributed by atoms with Crippen LogP contribution in [-0.4, -0.2) is 39.9 Å². The molecule has 0 atom stereocenters. The van der Waals surface area contributed by atoms with Gasteiger partial charge in [0.05, 0.1) is 18.5 Å². The summed E-state index contributed by atoms with van der Waals surface area (Å²) >= 11 is 0. The van der Waals surface area contributed by atoms with Crippen LogP contribution in [0.15, 0.2) is 24.3 Å². The molecule has 1 fully saturated rings. The number of piperazine rings is 1. The monoisotopic (exact) mass is 290 g/mol. The predicted octanol–water partition coefficient (Wildman–Crippen LogP) is 0.551. The van der Waals surface area contributed by atoms with E-state index in [0.717, 1.165) is 11.1 Å². The van der Waals surface area contributed by atoms with Gasteiger partial charge >= 0.3 is 5.97 Å². The Balaban J connectivity index is 2.11. The molecule has 0 radical (unpaired) electrons. The van der Waals surface area contributed by atoms with E-state index in [1.54, 1.807) is 30.9 Å². The first kappa shape index (κ1) is 15.2. The van der Waals surface area contributed by atoms with Gasteiger partial charge < -0.3 is 5.11 Å². The molecule has 2 amide bonds. The van der Waals surface area contributed by atoms with Gasteiger partial charge in [0.1, 0.15) is 0 Å². The number of amides is 2. The molecule has 1 heterocycles. The third kappa shape index (κ3) is 3.46. The SMILES string of the molecule is CC1(C)C(=O)NC(=O)CN1Cc1ccc(CC(=O)O)cc1. The molecule has 112 valence electrons. The Kier molecular flexibility index (Phi) is 4.09. The first-order chi connectivity index (χ1) is 9.79. The van der Waals surface area contributed by atoms with Gasteiger partial charge in [-0.1, -0.05) is 24.3 Å². The number of carbonyl (C=O) groups excluding carboxylic acids is 2. The summed E-state index contributed by atoms with van der Waals surface area (Å²) in [6, 6.07) is 7.15. The summed E-state index contributed by atoms with van der Waals surface area (Å²) in [4.78, 5) is 35.8. The Morgan fingerprint density at radius 2 is 1.81 bits per heavy atom. The summed E-state index contributed by atoms with van der Waals surface area (Å²) in [7, 11) is 0. The fourth-order valence-corrected chi connectivity index (χ4v) is 2.24. The maximum Gasteiger partial charge on any atom is 0.307 e. The second-order valence-electron chi connectivity index (χ2n) is 5.68. The third-order valence-electron chi connectivity index (χ3n) is 3.69. The molecule has 1 aromatic rings. The lowest BCUT2D eigenvalue weighted by molar-refractivity contribution is -0.145. The summed E-state index contributed by atoms with van der Waals surface area (Å²) in [5, 5.41) is 11.1. The Hall–Kier alpha value is -2.21. The average molecular weight is 290 g/mol. The van der Waals surface area contributed by atoms with E-state index in [4.69, 9.17) is 5.11 Å². The molecule has 0 aromatic heterocycles. The quantitative estimate of drug-likeness (QED) is 0.791. The van der Waals surface area contributed by atoms with Crippen LogP contribution in [-0.2, 0) is 27.3 Å². The van der Waals surface area contributed by atoms with Crippen LogP contribution in [0.1, 0.15) is 25.0 Å². The van der Waals surface area contributed by atoms with Gasteiger partial charge in [-0.05, 0) is 25.0 Å². The van der Waals surface area contributed by atoms with Gasteiger partial charge in [0.25, 0.3) is 0 Å². The van der Waals surface area contributed by atoms with Crippen molar-refractivity contribution >= 4 is 17.8 Å². The van der Waals surface area contributed by atoms with Crippen LogP contribution < -0.4 is 5.32 Å². The lowest BCUT2D eigenvalue weighted by atomic mass is 9.97. The summed E-state index contributed by atoms with van der Waals surface area (Å²) in [5.41, 5.74) is 0.894. The molecule has 6 nitrogen and oxygen atoms in total. The van der Waals surface area contributed by atoms with Crippen molar-refractivity contribution in [1.29, 1.82) is 0 Å². The van der Waals surface area contributed by atoms with E-state index < -0.39 is 11.5 Å². The first-order valence-corrected chi connectivity index (χ1v) is 6.68. The Morgan fingerprint density at radius 3 is 2.38 bits per heavy atom. The van der Waals surface area contributed by atoms with Gasteiger partial charge in [0.15, 0.2) is 0 Å². The second-order valence-corrected chi connectivity index (χ2v) is 5.68. The zero-order chi connectivity index (χ0) is 15.6. The van der Waals surface area contributed by atoms with E-state index in [1.165, 1.54) is 0 Å². The molecule has 6 heteroatoms. The van der Waals surface area contributed by atoms with Gasteiger partial charge in [-0.15, -0.1) is 0 Å². The van der Waals surface area contributed by atoms with Gasteiger partial charge in [0, 0.05) is 6.54 Å². The van der Waals surface area contributed by atoms with Gasteiger partial charge in [0.2, 0.25) is 11.8 Å². The Labute approximate surface area is 122 Å². The maximum atomic E-state index is 11.9. The Bertz CT molecular complexity index is 578. The molecule has 0 bridgehead atoms. The van der Waals surface area contributed by atoms with Crippen LogP contribution >= 0.6 is 0 Å². The predicted molar refractivity (Wildman–Crippen MR) is 75.4 cm³/mol. The van der Waals surface area contributed by atoms with E-state index in [9.17, 15) is 14.4 Å². The average Bonchev–Trinajstić information content (AvgIpc) is 2.38. The van der Waals surface area contributed by atoms with Crippen LogP contribution in [0.25, 0.3) is 0 Å². The highest BCUT2D eigenvalue weighted by Crippen LogP contribution is 2.21. The number of nitrogens with zero attached hydrogens (tertiary/aromatic N) is 1. The topological polar surface area (TPSA) is 86.7 Å². The van der Waals surface area contributed by atoms with Crippen molar-refractivity contribution in [2.24, 2.45) is 0 Å². The van der Waals surface area contributed by atoms with Crippen molar-refractivity contribution in [1.82, 2.24) is 10.2 Å². The summed E-state index contributed by atoms with van der Waals surface area (Å²) in [6.07, 6.45) is -0.0175. The maximum absolute atomic E-state index is 11.9. The molecule has 1 saturated heterocycles.